The van der Waals surface area contributed by atoms with Crippen LogP contribution in [0.4, 0.5) is 4.79 Å². The zero-order chi connectivity index (χ0) is 14.8. The first-order valence-electron chi connectivity index (χ1n) is 6.37. The van der Waals surface area contributed by atoms with Gasteiger partial charge in [-0.1, -0.05) is 17.8 Å². The Morgan fingerprint density at radius 2 is 2.43 bits per heavy atom. The van der Waals surface area contributed by atoms with Crippen molar-refractivity contribution in [1.29, 1.82) is 0 Å². The fraction of sp³-hybridized carbons (Fsp3) is 0.333. The zero-order valence-electron chi connectivity index (χ0n) is 11.2. The smallest absolute Gasteiger partial charge is 0.324 e. The van der Waals surface area contributed by atoms with Gasteiger partial charge in [0.05, 0.1) is 10.1 Å². The standard InChI is InChI=1S/C12H13N5O2S2/c1-7(10(18)17-5-4-13-12(17)19)21-11-14-9(15-16-11)8-3-2-6-20-8/h2-3,6-7H,4-5H2,1H3,(H,13,19)(H,14,15,16)/t7-/m0/s1. The number of thiophene rings is 1. The maximum absolute atomic E-state index is 12.2. The summed E-state index contributed by atoms with van der Waals surface area (Å²) in [5.74, 6) is 0.462. The Hall–Kier alpha value is -1.87. The highest BCUT2D eigenvalue weighted by atomic mass is 32.2. The summed E-state index contributed by atoms with van der Waals surface area (Å²) in [5.41, 5.74) is 0. The summed E-state index contributed by atoms with van der Waals surface area (Å²) in [6, 6.07) is 3.55. The fourth-order valence-electron chi connectivity index (χ4n) is 1.93. The van der Waals surface area contributed by atoms with Crippen molar-refractivity contribution in [3.8, 4) is 10.7 Å². The number of imide groups is 1. The van der Waals surface area contributed by atoms with E-state index in [4.69, 9.17) is 0 Å². The molecule has 0 unspecified atom stereocenters. The van der Waals surface area contributed by atoms with E-state index in [-0.39, 0.29) is 11.9 Å². The first-order valence-corrected chi connectivity index (χ1v) is 8.13. The maximum Gasteiger partial charge on any atom is 0.324 e. The molecule has 1 aliphatic heterocycles. The van der Waals surface area contributed by atoms with Crippen LogP contribution in [0.1, 0.15) is 6.92 Å². The Labute approximate surface area is 129 Å². The number of hydrogen-bond donors (Lipinski definition) is 2. The van der Waals surface area contributed by atoms with Crippen molar-refractivity contribution in [2.45, 2.75) is 17.3 Å². The van der Waals surface area contributed by atoms with Crippen LogP contribution in [0.2, 0.25) is 0 Å². The first kappa shape index (κ1) is 14.1. The van der Waals surface area contributed by atoms with E-state index in [9.17, 15) is 9.59 Å². The van der Waals surface area contributed by atoms with Crippen LogP contribution in [0, 0.1) is 0 Å². The van der Waals surface area contributed by atoms with E-state index in [0.29, 0.717) is 24.1 Å². The molecule has 2 aromatic rings. The largest absolute Gasteiger partial charge is 0.336 e. The van der Waals surface area contributed by atoms with Crippen molar-refractivity contribution in [2.24, 2.45) is 0 Å². The Kier molecular flexibility index (Phi) is 3.93. The van der Waals surface area contributed by atoms with Crippen molar-refractivity contribution in [3.63, 3.8) is 0 Å². The minimum Gasteiger partial charge on any atom is -0.336 e. The van der Waals surface area contributed by atoms with Gasteiger partial charge in [-0.05, 0) is 18.4 Å². The topological polar surface area (TPSA) is 91.0 Å². The van der Waals surface area contributed by atoms with E-state index in [1.807, 2.05) is 17.5 Å². The summed E-state index contributed by atoms with van der Waals surface area (Å²) in [6.45, 7) is 2.67. The van der Waals surface area contributed by atoms with Crippen LogP contribution < -0.4 is 5.32 Å². The van der Waals surface area contributed by atoms with Gasteiger partial charge in [-0.2, -0.15) is 0 Å². The number of aromatic nitrogens is 3. The van der Waals surface area contributed by atoms with Crippen molar-refractivity contribution < 1.29 is 9.59 Å². The predicted molar refractivity (Wildman–Crippen MR) is 80.1 cm³/mol. The maximum atomic E-state index is 12.2. The Morgan fingerprint density at radius 3 is 3.10 bits per heavy atom. The number of amides is 3. The Balaban J connectivity index is 1.66. The lowest BCUT2D eigenvalue weighted by atomic mass is 10.4. The molecule has 0 spiro atoms. The first-order chi connectivity index (χ1) is 10.1. The number of H-pyrrole nitrogens is 1. The molecule has 21 heavy (non-hydrogen) atoms. The molecule has 0 saturated carbocycles. The van der Waals surface area contributed by atoms with E-state index in [2.05, 4.69) is 20.5 Å². The number of nitrogens with zero attached hydrogens (tertiary/aromatic N) is 3. The molecular weight excluding hydrogens is 310 g/mol. The Morgan fingerprint density at radius 1 is 1.57 bits per heavy atom. The third-order valence-electron chi connectivity index (χ3n) is 2.97. The molecule has 0 aromatic carbocycles. The molecular formula is C12H13N5O2S2. The number of urea groups is 1. The molecule has 2 aromatic heterocycles. The molecule has 3 rings (SSSR count). The van der Waals surface area contributed by atoms with Crippen molar-refractivity contribution in [3.05, 3.63) is 17.5 Å². The van der Waals surface area contributed by atoms with E-state index >= 15 is 0 Å². The van der Waals surface area contributed by atoms with Gasteiger partial charge >= 0.3 is 6.03 Å². The van der Waals surface area contributed by atoms with E-state index in [1.54, 1.807) is 18.3 Å². The second-order valence-electron chi connectivity index (χ2n) is 4.43. The fourth-order valence-corrected chi connectivity index (χ4v) is 3.38. The quantitative estimate of drug-likeness (QED) is 0.833. The average molecular weight is 323 g/mol. The zero-order valence-corrected chi connectivity index (χ0v) is 12.8. The van der Waals surface area contributed by atoms with Crippen molar-refractivity contribution in [1.82, 2.24) is 25.4 Å². The van der Waals surface area contributed by atoms with Gasteiger partial charge in [0.2, 0.25) is 11.1 Å². The Bertz CT molecular complexity index is 654. The highest BCUT2D eigenvalue weighted by Gasteiger charge is 2.30. The second kappa shape index (κ2) is 5.86. The molecule has 110 valence electrons. The van der Waals surface area contributed by atoms with Crippen LogP contribution in [0.5, 0.6) is 0 Å². The van der Waals surface area contributed by atoms with Gasteiger partial charge < -0.3 is 5.32 Å². The highest BCUT2D eigenvalue weighted by molar-refractivity contribution is 8.00. The van der Waals surface area contributed by atoms with Crippen LogP contribution in [0.25, 0.3) is 10.7 Å². The summed E-state index contributed by atoms with van der Waals surface area (Å²) in [5, 5.41) is 11.6. The summed E-state index contributed by atoms with van der Waals surface area (Å²) < 4.78 is 0. The number of thioether (sulfide) groups is 1. The molecule has 1 saturated heterocycles. The molecule has 0 bridgehead atoms. The van der Waals surface area contributed by atoms with E-state index in [0.717, 1.165) is 4.88 Å². The van der Waals surface area contributed by atoms with Gasteiger partial charge in [0.15, 0.2) is 5.82 Å². The number of nitrogens with one attached hydrogen (secondary N) is 2. The van der Waals surface area contributed by atoms with Crippen LogP contribution in [0.3, 0.4) is 0 Å². The molecule has 1 fully saturated rings. The molecule has 3 amide bonds. The lowest BCUT2D eigenvalue weighted by molar-refractivity contribution is -0.126. The highest BCUT2D eigenvalue weighted by Crippen LogP contribution is 2.26. The van der Waals surface area contributed by atoms with Gasteiger partial charge in [-0.15, -0.1) is 16.4 Å². The lowest BCUT2D eigenvalue weighted by Gasteiger charge is -2.15. The summed E-state index contributed by atoms with van der Waals surface area (Å²) >= 11 is 2.80. The number of hydrogen-bond acceptors (Lipinski definition) is 6. The van der Waals surface area contributed by atoms with Gasteiger partial charge in [-0.3, -0.25) is 14.8 Å². The lowest BCUT2D eigenvalue weighted by Crippen LogP contribution is -2.38. The molecule has 2 N–H and O–H groups in total. The number of rotatable bonds is 4. The third kappa shape index (κ3) is 2.93. The number of carbonyl (C=O) groups excluding carboxylic acids is 2. The minimum absolute atomic E-state index is 0.225. The average Bonchev–Trinajstić information content (AvgIpc) is 3.17. The molecule has 3 heterocycles. The van der Waals surface area contributed by atoms with Gasteiger partial charge in [0, 0.05) is 13.1 Å². The predicted octanol–water partition coefficient (Wildman–Crippen LogP) is 1.57. The van der Waals surface area contributed by atoms with Crippen LogP contribution in [0.15, 0.2) is 22.7 Å². The number of carbonyl (C=O) groups is 2. The van der Waals surface area contributed by atoms with E-state index in [1.165, 1.54) is 16.7 Å². The monoisotopic (exact) mass is 323 g/mol. The molecule has 1 atom stereocenters. The van der Waals surface area contributed by atoms with Crippen LogP contribution in [-0.4, -0.2) is 50.4 Å². The number of aromatic amines is 1. The van der Waals surface area contributed by atoms with Crippen molar-refractivity contribution in [2.75, 3.05) is 13.1 Å². The van der Waals surface area contributed by atoms with E-state index < -0.39 is 5.25 Å². The molecule has 0 aliphatic carbocycles. The summed E-state index contributed by atoms with van der Waals surface area (Å²) in [6.07, 6.45) is 0. The third-order valence-corrected chi connectivity index (χ3v) is 4.80. The summed E-state index contributed by atoms with van der Waals surface area (Å²) in [4.78, 5) is 30.2. The SMILES string of the molecule is C[C@H](Sc1n[nH]c(-c2cccs2)n1)C(=O)N1CCNC1=O. The van der Waals surface area contributed by atoms with Gasteiger partial charge in [0.25, 0.3) is 0 Å². The normalized spacial score (nSPS) is 16.0. The van der Waals surface area contributed by atoms with Crippen LogP contribution >= 0.6 is 23.1 Å². The second-order valence-corrected chi connectivity index (χ2v) is 6.68. The molecule has 1 aliphatic rings. The molecule has 0 radical (unpaired) electrons. The molecule has 7 nitrogen and oxygen atoms in total. The van der Waals surface area contributed by atoms with Crippen molar-refractivity contribution >= 4 is 35.0 Å². The van der Waals surface area contributed by atoms with Gasteiger partial charge in [0.1, 0.15) is 0 Å². The van der Waals surface area contributed by atoms with Gasteiger partial charge in [-0.25, -0.2) is 9.78 Å². The van der Waals surface area contributed by atoms with Crippen LogP contribution in [-0.2, 0) is 4.79 Å². The molecule has 9 heteroatoms. The minimum atomic E-state index is -0.416. The summed E-state index contributed by atoms with van der Waals surface area (Å²) in [7, 11) is 0.